The zero-order chi connectivity index (χ0) is 13.6. The lowest BCUT2D eigenvalue weighted by Crippen LogP contribution is -2.38. The summed E-state index contributed by atoms with van der Waals surface area (Å²) in [5.41, 5.74) is 5.30. The fourth-order valence-corrected chi connectivity index (χ4v) is 2.51. The predicted octanol–water partition coefficient (Wildman–Crippen LogP) is 2.13. The van der Waals surface area contributed by atoms with Crippen molar-refractivity contribution < 1.29 is 14.3 Å². The van der Waals surface area contributed by atoms with E-state index in [1.807, 2.05) is 30.3 Å². The van der Waals surface area contributed by atoms with Gasteiger partial charge >= 0.3 is 5.97 Å². The Kier molecular flexibility index (Phi) is 4.80. The third-order valence-electron chi connectivity index (χ3n) is 3.71. The summed E-state index contributed by atoms with van der Waals surface area (Å²) in [4.78, 5) is 12.1. The highest BCUT2D eigenvalue weighted by atomic mass is 16.6. The summed E-state index contributed by atoms with van der Waals surface area (Å²) < 4.78 is 10.8. The molecule has 1 aliphatic carbocycles. The van der Waals surface area contributed by atoms with E-state index >= 15 is 0 Å². The summed E-state index contributed by atoms with van der Waals surface area (Å²) in [6.45, 7) is 1.03. The molecular weight excluding hydrogens is 242 g/mol. The van der Waals surface area contributed by atoms with Crippen molar-refractivity contribution >= 4 is 5.97 Å². The second-order valence-corrected chi connectivity index (χ2v) is 4.99. The fourth-order valence-electron chi connectivity index (χ4n) is 2.51. The summed E-state index contributed by atoms with van der Waals surface area (Å²) in [5.74, 6) is 0.622. The van der Waals surface area contributed by atoms with Gasteiger partial charge < -0.3 is 15.2 Å². The van der Waals surface area contributed by atoms with Crippen LogP contribution in [-0.4, -0.2) is 25.7 Å². The van der Waals surface area contributed by atoms with Gasteiger partial charge in [-0.3, -0.25) is 4.79 Å². The zero-order valence-corrected chi connectivity index (χ0v) is 11.1. The second-order valence-electron chi connectivity index (χ2n) is 4.99. The van der Waals surface area contributed by atoms with Crippen molar-refractivity contribution in [2.45, 2.75) is 25.7 Å². The van der Waals surface area contributed by atoms with Crippen molar-refractivity contribution in [3.63, 3.8) is 0 Å². The van der Waals surface area contributed by atoms with Crippen LogP contribution < -0.4 is 10.5 Å². The van der Waals surface area contributed by atoms with Crippen LogP contribution in [0.5, 0.6) is 5.75 Å². The number of carbonyl (C=O) groups excluding carboxylic acids is 1. The Bertz CT molecular complexity index is 399. The number of carbonyl (C=O) groups is 1. The van der Waals surface area contributed by atoms with Crippen molar-refractivity contribution in [1.29, 1.82) is 0 Å². The van der Waals surface area contributed by atoms with Crippen LogP contribution in [0, 0.1) is 5.41 Å². The number of ether oxygens (including phenoxy) is 2. The fraction of sp³-hybridized carbons (Fsp3) is 0.533. The Labute approximate surface area is 113 Å². The molecule has 0 radical (unpaired) electrons. The second kappa shape index (κ2) is 6.57. The maximum absolute atomic E-state index is 12.1. The van der Waals surface area contributed by atoms with Crippen molar-refractivity contribution in [2.75, 3.05) is 19.8 Å². The minimum absolute atomic E-state index is 0.163. The minimum atomic E-state index is -0.438. The van der Waals surface area contributed by atoms with Crippen LogP contribution in [-0.2, 0) is 9.53 Å². The van der Waals surface area contributed by atoms with E-state index in [0.717, 1.165) is 31.4 Å². The molecule has 2 N–H and O–H groups in total. The highest BCUT2D eigenvalue weighted by Crippen LogP contribution is 2.38. The first-order valence-electron chi connectivity index (χ1n) is 6.82. The molecule has 1 fully saturated rings. The standard InChI is InChI=1S/C15H21NO3/c16-12-15(8-4-5-9-15)14(17)19-11-10-18-13-6-2-1-3-7-13/h1-3,6-7H,4-5,8-12,16H2. The highest BCUT2D eigenvalue weighted by molar-refractivity contribution is 5.77. The number of esters is 1. The number of benzene rings is 1. The molecule has 0 atom stereocenters. The van der Waals surface area contributed by atoms with Crippen LogP contribution in [0.1, 0.15) is 25.7 Å². The first-order valence-corrected chi connectivity index (χ1v) is 6.82. The molecule has 0 bridgehead atoms. The van der Waals surface area contributed by atoms with Crippen LogP contribution in [0.3, 0.4) is 0 Å². The van der Waals surface area contributed by atoms with E-state index in [2.05, 4.69) is 0 Å². The molecule has 4 nitrogen and oxygen atoms in total. The van der Waals surface area contributed by atoms with Crippen LogP contribution in [0.4, 0.5) is 0 Å². The Morgan fingerprint density at radius 1 is 1.16 bits per heavy atom. The summed E-state index contributed by atoms with van der Waals surface area (Å²) >= 11 is 0. The number of hydrogen-bond donors (Lipinski definition) is 1. The normalized spacial score (nSPS) is 17.1. The Morgan fingerprint density at radius 2 is 1.84 bits per heavy atom. The first-order chi connectivity index (χ1) is 9.27. The molecule has 0 aromatic heterocycles. The van der Waals surface area contributed by atoms with Crippen molar-refractivity contribution in [2.24, 2.45) is 11.1 Å². The van der Waals surface area contributed by atoms with E-state index in [-0.39, 0.29) is 12.6 Å². The van der Waals surface area contributed by atoms with Gasteiger partial charge in [0.15, 0.2) is 0 Å². The Balaban J connectivity index is 1.72. The summed E-state index contributed by atoms with van der Waals surface area (Å²) in [6.07, 6.45) is 3.82. The molecule has 1 aliphatic rings. The van der Waals surface area contributed by atoms with Gasteiger partial charge in [-0.1, -0.05) is 31.0 Å². The third kappa shape index (κ3) is 3.47. The molecule has 0 unspecified atom stereocenters. The van der Waals surface area contributed by atoms with Gasteiger partial charge in [-0.25, -0.2) is 0 Å². The summed E-state index contributed by atoms with van der Waals surface area (Å²) in [5, 5.41) is 0. The van der Waals surface area contributed by atoms with Crippen molar-refractivity contribution in [3.05, 3.63) is 30.3 Å². The molecule has 0 spiro atoms. The van der Waals surface area contributed by atoms with Gasteiger partial charge in [0.1, 0.15) is 19.0 Å². The van der Waals surface area contributed by atoms with Crippen LogP contribution in [0.25, 0.3) is 0 Å². The van der Waals surface area contributed by atoms with Crippen LogP contribution in [0.15, 0.2) is 30.3 Å². The van der Waals surface area contributed by atoms with Gasteiger partial charge in [-0.15, -0.1) is 0 Å². The van der Waals surface area contributed by atoms with Gasteiger partial charge in [0.2, 0.25) is 0 Å². The maximum Gasteiger partial charge on any atom is 0.313 e. The smallest absolute Gasteiger partial charge is 0.313 e. The van der Waals surface area contributed by atoms with Gasteiger partial charge in [0, 0.05) is 6.54 Å². The number of rotatable bonds is 6. The third-order valence-corrected chi connectivity index (χ3v) is 3.71. The topological polar surface area (TPSA) is 61.6 Å². The lowest BCUT2D eigenvalue weighted by molar-refractivity contribution is -0.155. The van der Waals surface area contributed by atoms with Crippen molar-refractivity contribution in [1.82, 2.24) is 0 Å². The maximum atomic E-state index is 12.1. The first kappa shape index (κ1) is 13.9. The molecule has 4 heteroatoms. The van der Waals surface area contributed by atoms with Crippen LogP contribution in [0.2, 0.25) is 0 Å². The largest absolute Gasteiger partial charge is 0.490 e. The van der Waals surface area contributed by atoms with Gasteiger partial charge in [0.25, 0.3) is 0 Å². The molecule has 0 heterocycles. The lowest BCUT2D eigenvalue weighted by atomic mass is 9.86. The number of para-hydroxylation sites is 1. The Hall–Kier alpha value is -1.55. The molecule has 0 aliphatic heterocycles. The molecule has 1 saturated carbocycles. The van der Waals surface area contributed by atoms with Crippen molar-refractivity contribution in [3.8, 4) is 5.75 Å². The molecule has 0 saturated heterocycles. The molecule has 1 aromatic carbocycles. The molecule has 0 amide bonds. The van der Waals surface area contributed by atoms with Gasteiger partial charge in [0.05, 0.1) is 5.41 Å². The SMILES string of the molecule is NCC1(C(=O)OCCOc2ccccc2)CCCC1. The van der Waals surface area contributed by atoms with E-state index < -0.39 is 5.41 Å². The average Bonchev–Trinajstić information content (AvgIpc) is 2.94. The lowest BCUT2D eigenvalue weighted by Gasteiger charge is -2.24. The summed E-state index contributed by atoms with van der Waals surface area (Å²) in [6, 6.07) is 9.49. The molecule has 1 aromatic rings. The number of nitrogens with two attached hydrogens (primary N) is 1. The molecule has 104 valence electrons. The predicted molar refractivity (Wildman–Crippen MR) is 72.9 cm³/mol. The Morgan fingerprint density at radius 3 is 2.47 bits per heavy atom. The summed E-state index contributed by atoms with van der Waals surface area (Å²) in [7, 11) is 0. The highest BCUT2D eigenvalue weighted by Gasteiger charge is 2.41. The van der Waals surface area contributed by atoms with E-state index in [4.69, 9.17) is 15.2 Å². The minimum Gasteiger partial charge on any atom is -0.490 e. The van der Waals surface area contributed by atoms with E-state index in [1.54, 1.807) is 0 Å². The quantitative estimate of drug-likeness (QED) is 0.631. The molecule has 19 heavy (non-hydrogen) atoms. The van der Waals surface area contributed by atoms with E-state index in [9.17, 15) is 4.79 Å². The zero-order valence-electron chi connectivity index (χ0n) is 11.1. The number of hydrogen-bond acceptors (Lipinski definition) is 4. The van der Waals surface area contributed by atoms with E-state index in [1.165, 1.54) is 0 Å². The van der Waals surface area contributed by atoms with E-state index in [0.29, 0.717) is 13.2 Å². The van der Waals surface area contributed by atoms with Gasteiger partial charge in [-0.05, 0) is 25.0 Å². The molecular formula is C15H21NO3. The monoisotopic (exact) mass is 263 g/mol. The van der Waals surface area contributed by atoms with Gasteiger partial charge in [-0.2, -0.15) is 0 Å². The van der Waals surface area contributed by atoms with Crippen LogP contribution >= 0.6 is 0 Å². The average molecular weight is 263 g/mol. The molecule has 2 rings (SSSR count).